The van der Waals surface area contributed by atoms with Crippen LogP contribution in [0.2, 0.25) is 0 Å². The second kappa shape index (κ2) is 6.48. The minimum Gasteiger partial charge on any atom is -0.484 e. The molecule has 2 unspecified atom stereocenters. The van der Waals surface area contributed by atoms with Crippen LogP contribution >= 0.6 is 0 Å². The minimum atomic E-state index is 0.104. The lowest BCUT2D eigenvalue weighted by Crippen LogP contribution is -2.51. The number of fused-ring (bicyclic) bond motifs is 2. The number of piperidine rings is 1. The van der Waals surface area contributed by atoms with Crippen LogP contribution in [0.5, 0.6) is 5.75 Å². The lowest BCUT2D eigenvalue weighted by molar-refractivity contribution is -0.136. The summed E-state index contributed by atoms with van der Waals surface area (Å²) in [6, 6.07) is 11.1. The highest BCUT2D eigenvalue weighted by Gasteiger charge is 2.37. The third kappa shape index (κ3) is 3.38. The molecule has 2 aliphatic rings. The fraction of sp³-hybridized carbons (Fsp3) is 0.588. The van der Waals surface area contributed by atoms with Crippen molar-refractivity contribution in [2.24, 2.45) is 0 Å². The Morgan fingerprint density at radius 3 is 2.52 bits per heavy atom. The van der Waals surface area contributed by atoms with Crippen molar-refractivity contribution in [1.29, 1.82) is 0 Å². The number of carbonyl (C=O) groups excluding carboxylic acids is 1. The molecular weight excluding hydrogens is 264 g/mol. The molecule has 2 heterocycles. The molecule has 21 heavy (non-hydrogen) atoms. The Morgan fingerprint density at radius 2 is 1.90 bits per heavy atom. The highest BCUT2D eigenvalue weighted by Crippen LogP contribution is 2.29. The molecule has 0 aromatic heterocycles. The van der Waals surface area contributed by atoms with Crippen molar-refractivity contribution in [1.82, 2.24) is 10.2 Å². The van der Waals surface area contributed by atoms with Crippen LogP contribution in [0.25, 0.3) is 0 Å². The van der Waals surface area contributed by atoms with E-state index in [1.54, 1.807) is 0 Å². The molecule has 2 aliphatic heterocycles. The van der Waals surface area contributed by atoms with Crippen LogP contribution in [0, 0.1) is 0 Å². The van der Waals surface area contributed by atoms with Gasteiger partial charge >= 0.3 is 0 Å². The number of likely N-dealkylation sites (N-methyl/N-ethyl adjacent to an activating group) is 1. The number of nitrogens with zero attached hydrogens (tertiary/aromatic N) is 1. The molecule has 1 aromatic carbocycles. The van der Waals surface area contributed by atoms with Crippen molar-refractivity contribution in [2.75, 3.05) is 13.2 Å². The Morgan fingerprint density at radius 1 is 1.24 bits per heavy atom. The van der Waals surface area contributed by atoms with Crippen molar-refractivity contribution in [2.45, 2.75) is 50.7 Å². The van der Waals surface area contributed by atoms with Crippen molar-refractivity contribution in [3.8, 4) is 5.75 Å². The molecule has 0 spiro atoms. The average molecular weight is 288 g/mol. The fourth-order valence-electron chi connectivity index (χ4n) is 3.66. The molecule has 2 bridgehead atoms. The maximum absolute atomic E-state index is 12.5. The Balaban J connectivity index is 1.56. The fourth-order valence-corrected chi connectivity index (χ4v) is 3.66. The van der Waals surface area contributed by atoms with E-state index in [0.717, 1.165) is 25.1 Å². The van der Waals surface area contributed by atoms with Crippen molar-refractivity contribution < 1.29 is 9.53 Å². The van der Waals surface area contributed by atoms with Crippen LogP contribution in [0.1, 0.15) is 32.6 Å². The van der Waals surface area contributed by atoms with Gasteiger partial charge in [0.05, 0.1) is 0 Å². The Kier molecular flexibility index (Phi) is 4.44. The van der Waals surface area contributed by atoms with Gasteiger partial charge in [0.2, 0.25) is 0 Å². The molecule has 114 valence electrons. The lowest BCUT2D eigenvalue weighted by atomic mass is 9.98. The van der Waals surface area contributed by atoms with Gasteiger partial charge in [-0.15, -0.1) is 0 Å². The molecule has 4 nitrogen and oxygen atoms in total. The standard InChI is InChI=1S/C17H24N2O2/c1-2-19(15-10-13-8-9-14(11-15)18-13)17(20)12-21-16-6-4-3-5-7-16/h3-7,13-15,18H,2,8-12H2,1H3. The molecule has 3 rings (SSSR count). The summed E-state index contributed by atoms with van der Waals surface area (Å²) < 4.78 is 5.60. The van der Waals surface area contributed by atoms with E-state index in [1.165, 1.54) is 12.8 Å². The van der Waals surface area contributed by atoms with Crippen molar-refractivity contribution in [3.05, 3.63) is 30.3 Å². The maximum Gasteiger partial charge on any atom is 0.260 e. The molecule has 2 atom stereocenters. The highest BCUT2D eigenvalue weighted by atomic mass is 16.5. The van der Waals surface area contributed by atoms with E-state index in [4.69, 9.17) is 4.74 Å². The van der Waals surface area contributed by atoms with Gasteiger partial charge in [-0.1, -0.05) is 18.2 Å². The van der Waals surface area contributed by atoms with Crippen molar-refractivity contribution in [3.63, 3.8) is 0 Å². The first-order chi connectivity index (χ1) is 10.3. The number of carbonyl (C=O) groups is 1. The van der Waals surface area contributed by atoms with E-state index in [-0.39, 0.29) is 12.5 Å². The topological polar surface area (TPSA) is 41.6 Å². The Labute approximate surface area is 126 Å². The van der Waals surface area contributed by atoms with Gasteiger partial charge in [0.15, 0.2) is 6.61 Å². The molecule has 0 radical (unpaired) electrons. The van der Waals surface area contributed by atoms with Gasteiger partial charge in [0, 0.05) is 24.7 Å². The monoisotopic (exact) mass is 288 g/mol. The summed E-state index contributed by atoms with van der Waals surface area (Å²) in [6.07, 6.45) is 4.68. The molecule has 1 aromatic rings. The second-order valence-electron chi connectivity index (χ2n) is 6.04. The summed E-state index contributed by atoms with van der Waals surface area (Å²) in [5, 5.41) is 3.63. The number of nitrogens with one attached hydrogen (secondary N) is 1. The van der Waals surface area contributed by atoms with Gasteiger partial charge in [-0.2, -0.15) is 0 Å². The first-order valence-electron chi connectivity index (χ1n) is 7.99. The van der Waals surface area contributed by atoms with Crippen LogP contribution in [0.4, 0.5) is 0 Å². The highest BCUT2D eigenvalue weighted by molar-refractivity contribution is 5.78. The quantitative estimate of drug-likeness (QED) is 0.903. The summed E-state index contributed by atoms with van der Waals surface area (Å²) in [4.78, 5) is 14.5. The summed E-state index contributed by atoms with van der Waals surface area (Å²) in [6.45, 7) is 2.96. The molecule has 2 saturated heterocycles. The average Bonchev–Trinajstić information content (AvgIpc) is 2.85. The summed E-state index contributed by atoms with van der Waals surface area (Å²) in [7, 11) is 0. The molecule has 4 heteroatoms. The number of amides is 1. The number of hydrogen-bond donors (Lipinski definition) is 1. The van der Waals surface area contributed by atoms with Gasteiger partial charge in [0.25, 0.3) is 5.91 Å². The molecule has 1 N–H and O–H groups in total. The molecule has 1 amide bonds. The number of para-hydroxylation sites is 1. The van der Waals surface area contributed by atoms with Gasteiger partial charge < -0.3 is 15.0 Å². The van der Waals surface area contributed by atoms with E-state index < -0.39 is 0 Å². The number of hydrogen-bond acceptors (Lipinski definition) is 3. The number of benzene rings is 1. The summed E-state index contributed by atoms with van der Waals surface area (Å²) in [5.74, 6) is 0.861. The Hall–Kier alpha value is -1.55. The zero-order chi connectivity index (χ0) is 14.7. The van der Waals surface area contributed by atoms with E-state index in [9.17, 15) is 4.79 Å². The molecule has 0 aliphatic carbocycles. The number of rotatable bonds is 5. The molecular formula is C17H24N2O2. The van der Waals surface area contributed by atoms with Gasteiger partial charge in [-0.3, -0.25) is 4.79 Å². The zero-order valence-corrected chi connectivity index (χ0v) is 12.6. The minimum absolute atomic E-state index is 0.104. The normalized spacial score (nSPS) is 27.4. The third-order valence-electron chi connectivity index (χ3n) is 4.66. The smallest absolute Gasteiger partial charge is 0.260 e. The predicted molar refractivity (Wildman–Crippen MR) is 82.3 cm³/mol. The van der Waals surface area contributed by atoms with Gasteiger partial charge in [-0.05, 0) is 44.7 Å². The van der Waals surface area contributed by atoms with Crippen molar-refractivity contribution >= 4 is 5.91 Å². The Bertz CT molecular complexity index is 465. The van der Waals surface area contributed by atoms with E-state index in [0.29, 0.717) is 18.1 Å². The number of ether oxygens (including phenoxy) is 1. The van der Waals surface area contributed by atoms with Gasteiger partial charge in [-0.25, -0.2) is 0 Å². The summed E-state index contributed by atoms with van der Waals surface area (Å²) in [5.41, 5.74) is 0. The third-order valence-corrected chi connectivity index (χ3v) is 4.66. The van der Waals surface area contributed by atoms with E-state index in [1.807, 2.05) is 35.2 Å². The predicted octanol–water partition coefficient (Wildman–Crippen LogP) is 2.20. The van der Waals surface area contributed by atoms with Crippen LogP contribution in [0.3, 0.4) is 0 Å². The van der Waals surface area contributed by atoms with Crippen LogP contribution in [-0.2, 0) is 4.79 Å². The van der Waals surface area contributed by atoms with Crippen LogP contribution in [0.15, 0.2) is 30.3 Å². The summed E-state index contributed by atoms with van der Waals surface area (Å²) >= 11 is 0. The maximum atomic E-state index is 12.5. The van der Waals surface area contributed by atoms with Crippen LogP contribution < -0.4 is 10.1 Å². The molecule has 0 saturated carbocycles. The largest absolute Gasteiger partial charge is 0.484 e. The van der Waals surface area contributed by atoms with Crippen LogP contribution in [-0.4, -0.2) is 42.1 Å². The van der Waals surface area contributed by atoms with E-state index >= 15 is 0 Å². The lowest BCUT2D eigenvalue weighted by Gasteiger charge is -2.37. The molecule has 2 fully saturated rings. The SMILES string of the molecule is CCN(C(=O)COc1ccccc1)C1CC2CCC(C1)N2. The first kappa shape index (κ1) is 14.4. The second-order valence-corrected chi connectivity index (χ2v) is 6.04. The van der Waals surface area contributed by atoms with Gasteiger partial charge in [0.1, 0.15) is 5.75 Å². The van der Waals surface area contributed by atoms with E-state index in [2.05, 4.69) is 12.2 Å². The zero-order valence-electron chi connectivity index (χ0n) is 12.6. The first-order valence-corrected chi connectivity index (χ1v) is 7.99.